The minimum Gasteiger partial charge on any atom is -0.450 e. The maximum Gasteiger partial charge on any atom is 0.411 e. The van der Waals surface area contributed by atoms with Crippen LogP contribution in [0.1, 0.15) is 17.3 Å². The topological polar surface area (TPSA) is 93.5 Å². The molecule has 1 N–H and O–H groups in total. The van der Waals surface area contributed by atoms with Crippen LogP contribution in [0.4, 0.5) is 10.5 Å². The second-order valence-corrected chi connectivity index (χ2v) is 8.55. The summed E-state index contributed by atoms with van der Waals surface area (Å²) >= 11 is 0. The number of nitrogens with zero attached hydrogens (tertiary/aromatic N) is 3. The van der Waals surface area contributed by atoms with Crippen LogP contribution in [-0.4, -0.2) is 61.9 Å². The first kappa shape index (κ1) is 20.1. The summed E-state index contributed by atoms with van der Waals surface area (Å²) in [7, 11) is -0.828. The predicted molar refractivity (Wildman–Crippen MR) is 115 cm³/mol. The van der Waals surface area contributed by atoms with Gasteiger partial charge in [0.2, 0.25) is 0 Å². The van der Waals surface area contributed by atoms with Gasteiger partial charge in [0, 0.05) is 64.5 Å². The monoisotopic (exact) mass is 426 g/mol. The molecule has 8 nitrogen and oxygen atoms in total. The molecule has 0 saturated carbocycles. The lowest BCUT2D eigenvalue weighted by atomic mass is 10.2. The highest BCUT2D eigenvalue weighted by atomic mass is 32.2. The molecule has 4 rings (SSSR count). The largest absolute Gasteiger partial charge is 0.450 e. The van der Waals surface area contributed by atoms with Gasteiger partial charge >= 0.3 is 6.09 Å². The molecule has 0 atom stereocenters. The summed E-state index contributed by atoms with van der Waals surface area (Å²) in [5, 5.41) is 3.53. The van der Waals surface area contributed by atoms with Gasteiger partial charge in [-0.05, 0) is 37.3 Å². The number of benzene rings is 1. The van der Waals surface area contributed by atoms with Crippen LogP contribution >= 0.6 is 0 Å². The highest BCUT2D eigenvalue weighted by molar-refractivity contribution is 7.85. The van der Waals surface area contributed by atoms with Gasteiger partial charge in [0.05, 0.1) is 12.2 Å². The average Bonchev–Trinajstić information content (AvgIpc) is 3.17. The molecule has 0 unspecified atom stereocenters. The van der Waals surface area contributed by atoms with E-state index in [0.29, 0.717) is 48.1 Å². The van der Waals surface area contributed by atoms with Crippen LogP contribution in [0.25, 0.3) is 16.7 Å². The molecule has 1 aliphatic rings. The molecular formula is C21H22N4O4S. The molecule has 2 aromatic heterocycles. The van der Waals surface area contributed by atoms with Crippen molar-refractivity contribution in [3.05, 3.63) is 54.4 Å². The first-order chi connectivity index (χ1) is 14.5. The fraction of sp³-hybridized carbons (Fsp3) is 0.286. The first-order valence-electron chi connectivity index (χ1n) is 9.70. The Morgan fingerprint density at radius 3 is 2.77 bits per heavy atom. The predicted octanol–water partition coefficient (Wildman–Crippen LogP) is 2.80. The van der Waals surface area contributed by atoms with Crippen molar-refractivity contribution >= 4 is 39.5 Å². The van der Waals surface area contributed by atoms with Crippen LogP contribution in [0.3, 0.4) is 0 Å². The summed E-state index contributed by atoms with van der Waals surface area (Å²) in [5.41, 5.74) is 2.66. The van der Waals surface area contributed by atoms with Crippen LogP contribution in [0.2, 0.25) is 0 Å². The number of ether oxygens (including phenoxy) is 1. The Balaban J connectivity index is 1.58. The number of hydrogen-bond donors (Lipinski definition) is 1. The van der Waals surface area contributed by atoms with E-state index in [4.69, 9.17) is 4.74 Å². The van der Waals surface area contributed by atoms with Crippen LogP contribution in [0.5, 0.6) is 0 Å². The van der Waals surface area contributed by atoms with Crippen LogP contribution in [0, 0.1) is 0 Å². The number of carbonyl (C=O) groups is 2. The minimum atomic E-state index is -0.828. The van der Waals surface area contributed by atoms with E-state index in [0.717, 1.165) is 11.1 Å². The SMILES string of the molecule is CCOC(=O)Nc1cccc(-n2ccc3cc(C(=O)N4CCS(=O)CC4)cnc32)c1. The molecule has 1 aliphatic heterocycles. The van der Waals surface area contributed by atoms with Crippen molar-refractivity contribution in [2.24, 2.45) is 0 Å². The highest BCUT2D eigenvalue weighted by Gasteiger charge is 2.22. The van der Waals surface area contributed by atoms with E-state index in [1.165, 1.54) is 0 Å². The van der Waals surface area contributed by atoms with Crippen molar-refractivity contribution in [3.63, 3.8) is 0 Å². The molecular weight excluding hydrogens is 404 g/mol. The molecule has 0 aliphatic carbocycles. The summed E-state index contributed by atoms with van der Waals surface area (Å²) in [6.07, 6.45) is 2.95. The van der Waals surface area contributed by atoms with Gasteiger partial charge < -0.3 is 14.2 Å². The maximum atomic E-state index is 12.8. The lowest BCUT2D eigenvalue weighted by Gasteiger charge is -2.26. The Morgan fingerprint density at radius 1 is 1.20 bits per heavy atom. The number of anilines is 1. The zero-order chi connectivity index (χ0) is 21.1. The minimum absolute atomic E-state index is 0.0884. The van der Waals surface area contributed by atoms with Crippen LogP contribution in [-0.2, 0) is 15.5 Å². The Hall–Kier alpha value is -3.20. The summed E-state index contributed by atoms with van der Waals surface area (Å²) in [5.74, 6) is 0.955. The fourth-order valence-electron chi connectivity index (χ4n) is 3.39. The molecule has 0 spiro atoms. The van der Waals surface area contributed by atoms with Crippen molar-refractivity contribution in [1.29, 1.82) is 0 Å². The Morgan fingerprint density at radius 2 is 2.00 bits per heavy atom. The molecule has 30 heavy (non-hydrogen) atoms. The van der Waals surface area contributed by atoms with Gasteiger partial charge in [0.15, 0.2) is 0 Å². The van der Waals surface area contributed by atoms with Gasteiger partial charge in [0.25, 0.3) is 5.91 Å². The van der Waals surface area contributed by atoms with Gasteiger partial charge in [-0.25, -0.2) is 9.78 Å². The molecule has 3 aromatic rings. The molecule has 2 amide bonds. The lowest BCUT2D eigenvalue weighted by Crippen LogP contribution is -2.41. The summed E-state index contributed by atoms with van der Waals surface area (Å²) in [6.45, 7) is 3.06. The van der Waals surface area contributed by atoms with E-state index in [9.17, 15) is 13.8 Å². The highest BCUT2D eigenvalue weighted by Crippen LogP contribution is 2.22. The van der Waals surface area contributed by atoms with Crippen molar-refractivity contribution in [2.75, 3.05) is 36.5 Å². The summed E-state index contributed by atoms with van der Waals surface area (Å²) < 4.78 is 18.3. The van der Waals surface area contributed by atoms with E-state index >= 15 is 0 Å². The Labute approximate surface area is 176 Å². The third-order valence-electron chi connectivity index (χ3n) is 4.88. The van der Waals surface area contributed by atoms with E-state index in [1.807, 2.05) is 41.1 Å². The van der Waals surface area contributed by atoms with Crippen LogP contribution in [0.15, 0.2) is 48.8 Å². The van der Waals surface area contributed by atoms with Gasteiger partial charge in [-0.3, -0.25) is 14.3 Å². The number of hydrogen-bond acceptors (Lipinski definition) is 5. The second-order valence-electron chi connectivity index (χ2n) is 6.86. The standard InChI is InChI=1S/C21H22N4O4S/c1-2-29-21(27)23-17-4-3-5-18(13-17)25-7-6-15-12-16(14-22-19(15)25)20(26)24-8-10-30(28)11-9-24/h3-7,12-14H,2,8-11H2,1H3,(H,23,27). The van der Waals surface area contributed by atoms with Gasteiger partial charge in [0.1, 0.15) is 5.65 Å². The Kier molecular flexibility index (Phi) is 5.80. The quantitative estimate of drug-likeness (QED) is 0.692. The number of amides is 2. The van der Waals surface area contributed by atoms with Gasteiger partial charge in [-0.15, -0.1) is 0 Å². The molecule has 9 heteroatoms. The number of carbonyl (C=O) groups excluding carboxylic acids is 2. The molecule has 3 heterocycles. The smallest absolute Gasteiger partial charge is 0.411 e. The number of pyridine rings is 1. The van der Waals surface area contributed by atoms with E-state index in [2.05, 4.69) is 10.3 Å². The number of aromatic nitrogens is 2. The number of nitrogens with one attached hydrogen (secondary N) is 1. The van der Waals surface area contributed by atoms with Crippen molar-refractivity contribution in [1.82, 2.24) is 14.5 Å². The van der Waals surface area contributed by atoms with Crippen molar-refractivity contribution < 1.29 is 18.5 Å². The molecule has 156 valence electrons. The molecule has 1 aromatic carbocycles. The third kappa shape index (κ3) is 4.20. The third-order valence-corrected chi connectivity index (χ3v) is 6.16. The summed E-state index contributed by atoms with van der Waals surface area (Å²) in [6, 6.07) is 11.1. The van der Waals surface area contributed by atoms with E-state index < -0.39 is 16.9 Å². The average molecular weight is 426 g/mol. The Bertz CT molecular complexity index is 1120. The van der Waals surface area contributed by atoms with Crippen molar-refractivity contribution in [2.45, 2.75) is 6.92 Å². The molecule has 0 radical (unpaired) electrons. The lowest BCUT2D eigenvalue weighted by molar-refractivity contribution is 0.0771. The van der Waals surface area contributed by atoms with E-state index in [-0.39, 0.29) is 5.91 Å². The molecule has 1 saturated heterocycles. The summed E-state index contributed by atoms with van der Waals surface area (Å²) in [4.78, 5) is 30.7. The zero-order valence-electron chi connectivity index (χ0n) is 16.5. The van der Waals surface area contributed by atoms with Crippen LogP contribution < -0.4 is 5.32 Å². The zero-order valence-corrected chi connectivity index (χ0v) is 17.4. The maximum absolute atomic E-state index is 12.8. The second kappa shape index (κ2) is 8.66. The fourth-order valence-corrected chi connectivity index (χ4v) is 4.44. The van der Waals surface area contributed by atoms with E-state index in [1.54, 1.807) is 24.1 Å². The molecule has 1 fully saturated rings. The number of rotatable bonds is 4. The van der Waals surface area contributed by atoms with Crippen molar-refractivity contribution in [3.8, 4) is 5.69 Å². The normalized spacial score (nSPS) is 14.6. The first-order valence-corrected chi connectivity index (χ1v) is 11.2. The molecule has 0 bridgehead atoms. The number of fused-ring (bicyclic) bond motifs is 1. The van der Waals surface area contributed by atoms with Gasteiger partial charge in [-0.1, -0.05) is 6.07 Å². The van der Waals surface area contributed by atoms with Gasteiger partial charge in [-0.2, -0.15) is 0 Å².